The highest BCUT2D eigenvalue weighted by Gasteiger charge is 2.26. The van der Waals surface area contributed by atoms with E-state index in [4.69, 9.17) is 10.5 Å². The zero-order valence-corrected chi connectivity index (χ0v) is 18.6. The first-order valence-corrected chi connectivity index (χ1v) is 11.0. The molecule has 0 spiro atoms. The van der Waals surface area contributed by atoms with E-state index in [1.807, 2.05) is 48.5 Å². The number of nitrogens with zero attached hydrogens (tertiary/aromatic N) is 5. The predicted octanol–water partition coefficient (Wildman–Crippen LogP) is 5.96. The second-order valence-corrected chi connectivity index (χ2v) is 8.08. The van der Waals surface area contributed by atoms with Gasteiger partial charge in [0.15, 0.2) is 5.65 Å². The molecule has 0 aliphatic heterocycles. The molecule has 0 bridgehead atoms. The van der Waals surface area contributed by atoms with Gasteiger partial charge in [-0.1, -0.05) is 30.3 Å². The molecule has 170 valence electrons. The van der Waals surface area contributed by atoms with Gasteiger partial charge in [0.1, 0.15) is 40.6 Å². The number of ether oxygens (including phenoxy) is 1. The van der Waals surface area contributed by atoms with E-state index in [9.17, 15) is 14.9 Å². The number of hydrogen-bond acceptors (Lipinski definition) is 6. The Morgan fingerprint density at radius 2 is 1.53 bits per heavy atom. The Balaban J connectivity index is 1.72. The van der Waals surface area contributed by atoms with Gasteiger partial charge in [-0.15, -0.1) is 0 Å². The summed E-state index contributed by atoms with van der Waals surface area (Å²) < 4.78 is 21.2. The summed E-state index contributed by atoms with van der Waals surface area (Å²) in [4.78, 5) is 9.31. The minimum absolute atomic E-state index is 0.100. The van der Waals surface area contributed by atoms with Gasteiger partial charge >= 0.3 is 0 Å². The van der Waals surface area contributed by atoms with Crippen molar-refractivity contribution >= 4 is 33.4 Å². The molecular formula is C28H15FN6O. The highest BCUT2D eigenvalue weighted by atomic mass is 19.1. The third kappa shape index (κ3) is 3.17. The smallest absolute Gasteiger partial charge is 0.227 e. The predicted molar refractivity (Wildman–Crippen MR) is 134 cm³/mol. The van der Waals surface area contributed by atoms with Crippen molar-refractivity contribution in [3.63, 3.8) is 0 Å². The number of para-hydroxylation sites is 3. The number of pyridine rings is 2. The molecule has 8 heteroatoms. The van der Waals surface area contributed by atoms with Crippen LogP contribution in [0.25, 0.3) is 38.7 Å². The fourth-order valence-corrected chi connectivity index (χ4v) is 4.37. The Hall–Kier alpha value is -5.47. The molecule has 6 rings (SSSR count). The van der Waals surface area contributed by atoms with Crippen LogP contribution in [-0.2, 0) is 0 Å². The molecule has 0 amide bonds. The monoisotopic (exact) mass is 470 g/mol. The van der Waals surface area contributed by atoms with E-state index in [0.29, 0.717) is 33.5 Å². The Kier molecular flexibility index (Phi) is 4.74. The van der Waals surface area contributed by atoms with E-state index in [-0.39, 0.29) is 28.4 Å². The molecule has 0 aliphatic carbocycles. The summed E-state index contributed by atoms with van der Waals surface area (Å²) >= 11 is 0. The summed E-state index contributed by atoms with van der Waals surface area (Å²) in [5.41, 5.74) is 9.75. The third-order valence-electron chi connectivity index (χ3n) is 5.99. The van der Waals surface area contributed by atoms with E-state index in [2.05, 4.69) is 22.1 Å². The molecule has 2 N–H and O–H groups in total. The molecule has 6 aromatic rings. The van der Waals surface area contributed by atoms with Gasteiger partial charge in [-0.05, 0) is 48.5 Å². The van der Waals surface area contributed by atoms with Crippen molar-refractivity contribution in [2.24, 2.45) is 0 Å². The number of nitrogen functional groups attached to an aromatic ring is 1. The van der Waals surface area contributed by atoms with Crippen LogP contribution in [0.5, 0.6) is 11.6 Å². The number of imidazole rings is 1. The molecule has 0 aliphatic rings. The van der Waals surface area contributed by atoms with E-state index in [1.165, 1.54) is 24.3 Å². The summed E-state index contributed by atoms with van der Waals surface area (Å²) in [6, 6.07) is 26.4. The van der Waals surface area contributed by atoms with Crippen molar-refractivity contribution in [2.45, 2.75) is 0 Å². The van der Waals surface area contributed by atoms with Crippen LogP contribution in [0.1, 0.15) is 11.1 Å². The SMILES string of the molecule is N#Cc1c(-c2cc3ccccc3nc2Oc2ccc(F)cc2)c(C#N)c2nc3ccccc3n2c1N. The van der Waals surface area contributed by atoms with E-state index >= 15 is 0 Å². The number of nitriles is 2. The summed E-state index contributed by atoms with van der Waals surface area (Å²) in [6.07, 6.45) is 0. The van der Waals surface area contributed by atoms with Crippen molar-refractivity contribution in [1.29, 1.82) is 10.5 Å². The molecule has 3 aromatic carbocycles. The lowest BCUT2D eigenvalue weighted by Crippen LogP contribution is -2.06. The van der Waals surface area contributed by atoms with Crippen LogP contribution in [0.3, 0.4) is 0 Å². The number of aromatic nitrogens is 3. The average Bonchev–Trinajstić information content (AvgIpc) is 3.29. The number of fused-ring (bicyclic) bond motifs is 4. The Bertz CT molecular complexity index is 1910. The van der Waals surface area contributed by atoms with Crippen molar-refractivity contribution in [1.82, 2.24) is 14.4 Å². The fourth-order valence-electron chi connectivity index (χ4n) is 4.37. The van der Waals surface area contributed by atoms with Crippen molar-refractivity contribution in [3.8, 4) is 34.9 Å². The van der Waals surface area contributed by atoms with Gasteiger partial charge in [0, 0.05) is 16.5 Å². The largest absolute Gasteiger partial charge is 0.438 e. The number of rotatable bonds is 3. The van der Waals surface area contributed by atoms with Gasteiger partial charge in [0.2, 0.25) is 5.88 Å². The highest BCUT2D eigenvalue weighted by Crippen LogP contribution is 2.41. The van der Waals surface area contributed by atoms with E-state index in [1.54, 1.807) is 10.5 Å². The van der Waals surface area contributed by atoms with Gasteiger partial charge in [-0.2, -0.15) is 10.5 Å². The van der Waals surface area contributed by atoms with Gasteiger partial charge in [0.25, 0.3) is 0 Å². The standard InChI is InChI=1S/C28H15FN6O/c29-17-9-11-18(12-10-17)36-28-19(13-16-5-1-2-6-22(16)34-28)25-20(14-30)26(32)35-24-8-4-3-7-23(24)33-27(35)21(25)15-31/h1-13H,32H2. The Morgan fingerprint density at radius 3 is 2.28 bits per heavy atom. The second kappa shape index (κ2) is 8.08. The molecule has 3 heterocycles. The van der Waals surface area contributed by atoms with Crippen LogP contribution in [0.15, 0.2) is 78.9 Å². The second-order valence-electron chi connectivity index (χ2n) is 8.08. The number of halogens is 1. The number of hydrogen-bond donors (Lipinski definition) is 1. The van der Waals surface area contributed by atoms with Crippen LogP contribution in [0, 0.1) is 28.5 Å². The van der Waals surface area contributed by atoms with Crippen LogP contribution < -0.4 is 10.5 Å². The van der Waals surface area contributed by atoms with E-state index < -0.39 is 5.82 Å². The average molecular weight is 470 g/mol. The molecule has 0 fully saturated rings. The molecule has 0 unspecified atom stereocenters. The maximum Gasteiger partial charge on any atom is 0.227 e. The fraction of sp³-hybridized carbons (Fsp3) is 0. The van der Waals surface area contributed by atoms with Crippen LogP contribution >= 0.6 is 0 Å². The first kappa shape index (κ1) is 21.1. The number of benzene rings is 3. The lowest BCUT2D eigenvalue weighted by atomic mass is 9.95. The topological polar surface area (TPSA) is 113 Å². The normalized spacial score (nSPS) is 11.0. The van der Waals surface area contributed by atoms with Crippen LogP contribution in [-0.4, -0.2) is 14.4 Å². The molecule has 0 saturated carbocycles. The summed E-state index contributed by atoms with van der Waals surface area (Å²) in [6.45, 7) is 0. The Labute approximate surface area is 204 Å². The zero-order chi connectivity index (χ0) is 24.8. The van der Waals surface area contributed by atoms with Gasteiger partial charge in [-0.25, -0.2) is 14.4 Å². The highest BCUT2D eigenvalue weighted by molar-refractivity contribution is 5.96. The van der Waals surface area contributed by atoms with Crippen molar-refractivity contribution < 1.29 is 9.13 Å². The minimum Gasteiger partial charge on any atom is -0.438 e. The lowest BCUT2D eigenvalue weighted by molar-refractivity contribution is 0.465. The lowest BCUT2D eigenvalue weighted by Gasteiger charge is -2.16. The molecule has 0 saturated heterocycles. The molecule has 0 radical (unpaired) electrons. The maximum atomic E-state index is 13.5. The number of anilines is 1. The summed E-state index contributed by atoms with van der Waals surface area (Å²) in [7, 11) is 0. The van der Waals surface area contributed by atoms with Crippen LogP contribution in [0.2, 0.25) is 0 Å². The first-order valence-electron chi connectivity index (χ1n) is 11.0. The third-order valence-corrected chi connectivity index (χ3v) is 5.99. The van der Waals surface area contributed by atoms with Crippen LogP contribution in [0.4, 0.5) is 10.2 Å². The van der Waals surface area contributed by atoms with Gasteiger partial charge in [0.05, 0.1) is 16.6 Å². The molecular weight excluding hydrogens is 455 g/mol. The van der Waals surface area contributed by atoms with Crippen molar-refractivity contribution in [3.05, 3.63) is 95.8 Å². The molecule has 3 aromatic heterocycles. The van der Waals surface area contributed by atoms with Crippen molar-refractivity contribution in [2.75, 3.05) is 5.73 Å². The molecule has 36 heavy (non-hydrogen) atoms. The Morgan fingerprint density at radius 1 is 0.833 bits per heavy atom. The summed E-state index contributed by atoms with van der Waals surface area (Å²) in [5.74, 6) is 0.236. The molecule has 0 atom stereocenters. The van der Waals surface area contributed by atoms with E-state index in [0.717, 1.165) is 5.39 Å². The van der Waals surface area contributed by atoms with Gasteiger partial charge in [-0.3, -0.25) is 4.40 Å². The summed E-state index contributed by atoms with van der Waals surface area (Å²) in [5, 5.41) is 21.3. The van der Waals surface area contributed by atoms with Gasteiger partial charge < -0.3 is 10.5 Å². The molecule has 7 nitrogen and oxygen atoms in total. The zero-order valence-electron chi connectivity index (χ0n) is 18.6. The minimum atomic E-state index is -0.405. The quantitative estimate of drug-likeness (QED) is 0.341. The number of nitrogens with two attached hydrogens (primary N) is 1. The maximum absolute atomic E-state index is 13.5. The first-order chi connectivity index (χ1) is 17.6.